The number of aryl methyl sites for hydroxylation is 1. The van der Waals surface area contributed by atoms with E-state index in [1.54, 1.807) is 0 Å². The first-order chi connectivity index (χ1) is 9.10. The molecule has 1 atom stereocenters. The molecule has 1 aromatic heterocycles. The van der Waals surface area contributed by atoms with E-state index in [0.717, 1.165) is 0 Å². The van der Waals surface area contributed by atoms with Crippen molar-refractivity contribution < 1.29 is 14.0 Å². The van der Waals surface area contributed by atoms with Gasteiger partial charge in [-0.1, -0.05) is 6.92 Å². The van der Waals surface area contributed by atoms with Crippen molar-refractivity contribution >= 4 is 17.9 Å². The summed E-state index contributed by atoms with van der Waals surface area (Å²) in [5.41, 5.74) is 0.822. The lowest BCUT2D eigenvalue weighted by atomic mass is 10.1. The van der Waals surface area contributed by atoms with Gasteiger partial charge in [0.05, 0.1) is 23.6 Å². The van der Waals surface area contributed by atoms with E-state index in [1.165, 1.54) is 19.3 Å². The van der Waals surface area contributed by atoms with Crippen LogP contribution in [0.25, 0.3) is 0 Å². The van der Waals surface area contributed by atoms with Gasteiger partial charge in [0.15, 0.2) is 0 Å². The summed E-state index contributed by atoms with van der Waals surface area (Å²) < 4.78 is 13.5. The SMILES string of the molecule is CCc1ncc(NC(C=O)CCC(=O)NC)cc1F. The quantitative estimate of drug-likeness (QED) is 0.730. The van der Waals surface area contributed by atoms with Crippen LogP contribution >= 0.6 is 0 Å². The lowest BCUT2D eigenvalue weighted by Crippen LogP contribution is -2.25. The predicted octanol–water partition coefficient (Wildman–Crippen LogP) is 1.29. The second-order valence-corrected chi connectivity index (χ2v) is 4.10. The number of hydrogen-bond acceptors (Lipinski definition) is 4. The fourth-order valence-corrected chi connectivity index (χ4v) is 1.61. The van der Waals surface area contributed by atoms with Gasteiger partial charge >= 0.3 is 0 Å². The number of carbonyl (C=O) groups excluding carboxylic acids is 2. The molecule has 0 fully saturated rings. The summed E-state index contributed by atoms with van der Waals surface area (Å²) in [5.74, 6) is -0.539. The second kappa shape index (κ2) is 7.45. The molecule has 0 saturated heterocycles. The van der Waals surface area contributed by atoms with Crippen LogP contribution in [0.3, 0.4) is 0 Å². The molecule has 0 aliphatic heterocycles. The maximum Gasteiger partial charge on any atom is 0.219 e. The molecular formula is C13H18FN3O2. The minimum Gasteiger partial charge on any atom is -0.374 e. The summed E-state index contributed by atoms with van der Waals surface area (Å²) in [5, 5.41) is 5.33. The van der Waals surface area contributed by atoms with E-state index in [0.29, 0.717) is 30.5 Å². The smallest absolute Gasteiger partial charge is 0.219 e. The summed E-state index contributed by atoms with van der Waals surface area (Å²) in [6.45, 7) is 1.82. The average Bonchev–Trinajstić information content (AvgIpc) is 2.43. The molecule has 0 radical (unpaired) electrons. The van der Waals surface area contributed by atoms with Crippen molar-refractivity contribution in [2.45, 2.75) is 32.2 Å². The number of nitrogens with one attached hydrogen (secondary N) is 2. The molecule has 1 heterocycles. The number of carbonyl (C=O) groups is 2. The van der Waals surface area contributed by atoms with Crippen LogP contribution in [0.15, 0.2) is 12.3 Å². The van der Waals surface area contributed by atoms with E-state index in [4.69, 9.17) is 0 Å². The zero-order valence-electron chi connectivity index (χ0n) is 11.1. The van der Waals surface area contributed by atoms with Crippen molar-refractivity contribution in [3.8, 4) is 0 Å². The lowest BCUT2D eigenvalue weighted by molar-refractivity contribution is -0.120. The Morgan fingerprint density at radius 2 is 2.32 bits per heavy atom. The highest BCUT2D eigenvalue weighted by Gasteiger charge is 2.11. The molecule has 1 unspecified atom stereocenters. The standard InChI is InChI=1S/C13H18FN3O2/c1-3-12-11(14)6-10(7-16-12)17-9(8-18)4-5-13(19)15-2/h6-9,17H,3-5H2,1-2H3,(H,15,19). The van der Waals surface area contributed by atoms with E-state index in [-0.39, 0.29) is 12.3 Å². The second-order valence-electron chi connectivity index (χ2n) is 4.10. The Labute approximate surface area is 111 Å². The summed E-state index contributed by atoms with van der Waals surface area (Å²) >= 11 is 0. The number of anilines is 1. The Morgan fingerprint density at radius 3 is 2.84 bits per heavy atom. The maximum atomic E-state index is 13.5. The van der Waals surface area contributed by atoms with Crippen LogP contribution in [0.4, 0.5) is 10.1 Å². The molecule has 104 valence electrons. The summed E-state index contributed by atoms with van der Waals surface area (Å²) in [6, 6.07) is 0.772. The van der Waals surface area contributed by atoms with E-state index >= 15 is 0 Å². The number of aldehydes is 1. The average molecular weight is 267 g/mol. The topological polar surface area (TPSA) is 71.1 Å². The largest absolute Gasteiger partial charge is 0.374 e. The third kappa shape index (κ3) is 4.65. The molecule has 0 aromatic carbocycles. The third-order valence-corrected chi connectivity index (χ3v) is 2.73. The minimum absolute atomic E-state index is 0.140. The molecule has 0 spiro atoms. The van der Waals surface area contributed by atoms with Crippen LogP contribution in [0.1, 0.15) is 25.5 Å². The number of aromatic nitrogens is 1. The molecule has 1 amide bonds. The number of nitrogens with zero attached hydrogens (tertiary/aromatic N) is 1. The lowest BCUT2D eigenvalue weighted by Gasteiger charge is -2.13. The number of amides is 1. The fraction of sp³-hybridized carbons (Fsp3) is 0.462. The van der Waals surface area contributed by atoms with Gasteiger partial charge in [-0.15, -0.1) is 0 Å². The Morgan fingerprint density at radius 1 is 1.58 bits per heavy atom. The molecule has 1 aromatic rings. The van der Waals surface area contributed by atoms with Crippen molar-refractivity contribution in [3.63, 3.8) is 0 Å². The van der Waals surface area contributed by atoms with E-state index < -0.39 is 11.9 Å². The monoisotopic (exact) mass is 267 g/mol. The van der Waals surface area contributed by atoms with Gasteiger partial charge in [-0.25, -0.2) is 4.39 Å². The summed E-state index contributed by atoms with van der Waals surface area (Å²) in [7, 11) is 1.54. The van der Waals surface area contributed by atoms with Gasteiger partial charge in [0.2, 0.25) is 5.91 Å². The molecule has 2 N–H and O–H groups in total. The Kier molecular flexibility index (Phi) is 5.92. The first-order valence-electron chi connectivity index (χ1n) is 6.17. The van der Waals surface area contributed by atoms with E-state index in [9.17, 15) is 14.0 Å². The molecule has 0 bridgehead atoms. The summed E-state index contributed by atoms with van der Waals surface area (Å²) in [4.78, 5) is 26.0. The van der Waals surface area contributed by atoms with E-state index in [2.05, 4.69) is 15.6 Å². The zero-order valence-corrected chi connectivity index (χ0v) is 11.1. The highest BCUT2D eigenvalue weighted by Crippen LogP contribution is 2.13. The predicted molar refractivity (Wildman–Crippen MR) is 70.3 cm³/mol. The Hall–Kier alpha value is -1.98. The van der Waals surface area contributed by atoms with Crippen molar-refractivity contribution in [1.29, 1.82) is 0 Å². The molecule has 1 rings (SSSR count). The molecule has 5 nitrogen and oxygen atoms in total. The number of rotatable bonds is 7. The highest BCUT2D eigenvalue weighted by atomic mass is 19.1. The molecule has 6 heteroatoms. The first-order valence-corrected chi connectivity index (χ1v) is 6.17. The minimum atomic E-state index is -0.536. The Balaban J connectivity index is 2.62. The number of halogens is 1. The zero-order chi connectivity index (χ0) is 14.3. The van der Waals surface area contributed by atoms with Gasteiger partial charge in [0.25, 0.3) is 0 Å². The normalized spacial score (nSPS) is 11.7. The van der Waals surface area contributed by atoms with Gasteiger partial charge in [-0.3, -0.25) is 9.78 Å². The maximum absolute atomic E-state index is 13.5. The highest BCUT2D eigenvalue weighted by molar-refractivity contribution is 5.76. The number of pyridine rings is 1. The van der Waals surface area contributed by atoms with Crippen molar-refractivity contribution in [2.75, 3.05) is 12.4 Å². The number of hydrogen-bond donors (Lipinski definition) is 2. The van der Waals surface area contributed by atoms with Crippen LogP contribution in [0.5, 0.6) is 0 Å². The van der Waals surface area contributed by atoms with Crippen LogP contribution in [-0.4, -0.2) is 30.3 Å². The Bertz CT molecular complexity index is 452. The van der Waals surface area contributed by atoms with Gasteiger partial charge < -0.3 is 15.4 Å². The van der Waals surface area contributed by atoms with Crippen LogP contribution in [0, 0.1) is 5.82 Å². The molecule has 0 saturated carbocycles. The van der Waals surface area contributed by atoms with Crippen molar-refractivity contribution in [2.24, 2.45) is 0 Å². The van der Waals surface area contributed by atoms with Gasteiger partial charge in [0.1, 0.15) is 12.1 Å². The molecular weight excluding hydrogens is 249 g/mol. The van der Waals surface area contributed by atoms with Gasteiger partial charge in [-0.2, -0.15) is 0 Å². The van der Waals surface area contributed by atoms with Crippen molar-refractivity contribution in [1.82, 2.24) is 10.3 Å². The first kappa shape index (κ1) is 15.1. The van der Waals surface area contributed by atoms with Gasteiger partial charge in [0, 0.05) is 19.5 Å². The molecule has 0 aliphatic carbocycles. The van der Waals surface area contributed by atoms with Crippen LogP contribution < -0.4 is 10.6 Å². The van der Waals surface area contributed by atoms with Crippen LogP contribution in [-0.2, 0) is 16.0 Å². The van der Waals surface area contributed by atoms with E-state index in [1.807, 2.05) is 6.92 Å². The fourth-order valence-electron chi connectivity index (χ4n) is 1.61. The summed E-state index contributed by atoms with van der Waals surface area (Å²) in [6.07, 6.45) is 3.28. The van der Waals surface area contributed by atoms with Crippen molar-refractivity contribution in [3.05, 3.63) is 23.8 Å². The van der Waals surface area contributed by atoms with Crippen LogP contribution in [0.2, 0.25) is 0 Å². The third-order valence-electron chi connectivity index (χ3n) is 2.73. The molecule has 0 aliphatic rings. The van der Waals surface area contributed by atoms with Gasteiger partial charge in [-0.05, 0) is 12.8 Å². The molecule has 19 heavy (non-hydrogen) atoms.